The van der Waals surface area contributed by atoms with Crippen molar-refractivity contribution in [1.82, 2.24) is 9.80 Å². The van der Waals surface area contributed by atoms with Gasteiger partial charge in [-0.1, -0.05) is 0 Å². The summed E-state index contributed by atoms with van der Waals surface area (Å²) < 4.78 is 10.5. The summed E-state index contributed by atoms with van der Waals surface area (Å²) in [4.78, 5) is 36.3. The Hall–Kier alpha value is -3.16. The lowest BCUT2D eigenvalue weighted by Gasteiger charge is -2.37. The zero-order chi connectivity index (χ0) is 19.0. The number of aliphatic imine (C=N–C) groups is 2. The molecule has 136 valence electrons. The SMILES string of the molecule is COc1ccc(N=C2C(C)=CN=C3C2C(=O)N(C)C(=O)N3C)cc1OC. The lowest BCUT2D eigenvalue weighted by Crippen LogP contribution is -2.59. The zero-order valence-corrected chi connectivity index (χ0v) is 15.3. The van der Waals surface area contributed by atoms with Crippen molar-refractivity contribution in [1.29, 1.82) is 0 Å². The number of carbonyl (C=O) groups excluding carboxylic acids is 2. The van der Waals surface area contributed by atoms with Gasteiger partial charge in [0.2, 0.25) is 5.91 Å². The van der Waals surface area contributed by atoms with E-state index in [1.54, 1.807) is 45.7 Å². The van der Waals surface area contributed by atoms with Crippen molar-refractivity contribution in [2.75, 3.05) is 28.3 Å². The standard InChI is InChI=1S/C18H20N4O4/c1-10-9-19-16-14(17(23)22(3)18(24)21(16)2)15(10)20-11-6-7-12(25-4)13(8-11)26-5/h6-9,14H,1-5H3. The first-order valence-corrected chi connectivity index (χ1v) is 7.99. The molecule has 1 atom stereocenters. The van der Waals surface area contributed by atoms with Gasteiger partial charge in [0.1, 0.15) is 11.8 Å². The van der Waals surface area contributed by atoms with E-state index in [0.29, 0.717) is 28.7 Å². The number of hydrogen-bond acceptors (Lipinski definition) is 6. The Bertz CT molecular complexity index is 872. The van der Waals surface area contributed by atoms with Gasteiger partial charge in [-0.25, -0.2) is 9.79 Å². The lowest BCUT2D eigenvalue weighted by molar-refractivity contribution is -0.128. The summed E-state index contributed by atoms with van der Waals surface area (Å²) in [6.45, 7) is 1.84. The first-order chi connectivity index (χ1) is 12.4. The molecule has 0 radical (unpaired) electrons. The minimum Gasteiger partial charge on any atom is -0.493 e. The number of imide groups is 1. The quantitative estimate of drug-likeness (QED) is 0.831. The van der Waals surface area contributed by atoms with Gasteiger partial charge in [0.15, 0.2) is 11.5 Å². The van der Waals surface area contributed by atoms with Crippen LogP contribution in [0.2, 0.25) is 0 Å². The van der Waals surface area contributed by atoms with Crippen molar-refractivity contribution in [3.8, 4) is 11.5 Å². The molecule has 8 nitrogen and oxygen atoms in total. The maximum Gasteiger partial charge on any atom is 0.331 e. The van der Waals surface area contributed by atoms with Crippen LogP contribution in [-0.4, -0.2) is 61.6 Å². The molecule has 0 saturated carbocycles. The van der Waals surface area contributed by atoms with Gasteiger partial charge in [-0.15, -0.1) is 0 Å². The maximum atomic E-state index is 12.7. The minimum absolute atomic E-state index is 0.349. The number of fused-ring (bicyclic) bond motifs is 1. The normalized spacial score (nSPS) is 21.4. The van der Waals surface area contributed by atoms with E-state index in [0.717, 1.165) is 10.5 Å². The van der Waals surface area contributed by atoms with Crippen LogP contribution in [0, 0.1) is 5.92 Å². The monoisotopic (exact) mass is 356 g/mol. The molecule has 2 aliphatic heterocycles. The Balaban J connectivity index is 2.08. The van der Waals surface area contributed by atoms with Crippen LogP contribution < -0.4 is 9.47 Å². The van der Waals surface area contributed by atoms with Crippen LogP contribution in [0.3, 0.4) is 0 Å². The van der Waals surface area contributed by atoms with Crippen LogP contribution in [0.1, 0.15) is 6.92 Å². The van der Waals surface area contributed by atoms with E-state index in [1.165, 1.54) is 11.9 Å². The van der Waals surface area contributed by atoms with Gasteiger partial charge in [-0.2, -0.15) is 0 Å². The van der Waals surface area contributed by atoms with E-state index < -0.39 is 11.9 Å². The Morgan fingerprint density at radius 1 is 1.08 bits per heavy atom. The largest absolute Gasteiger partial charge is 0.493 e. The third-order valence-corrected chi connectivity index (χ3v) is 4.44. The number of methoxy groups -OCH3 is 2. The van der Waals surface area contributed by atoms with Crippen LogP contribution in [-0.2, 0) is 4.79 Å². The molecule has 0 N–H and O–H groups in total. The Labute approximate surface area is 151 Å². The van der Waals surface area contributed by atoms with E-state index >= 15 is 0 Å². The summed E-state index contributed by atoms with van der Waals surface area (Å²) in [6, 6.07) is 4.85. The number of rotatable bonds is 3. The van der Waals surface area contributed by atoms with Crippen molar-refractivity contribution < 1.29 is 19.1 Å². The number of ether oxygens (including phenoxy) is 2. The molecule has 1 fully saturated rings. The zero-order valence-electron chi connectivity index (χ0n) is 15.3. The lowest BCUT2D eigenvalue weighted by atomic mass is 9.91. The topological polar surface area (TPSA) is 83.8 Å². The fourth-order valence-corrected chi connectivity index (χ4v) is 2.96. The highest BCUT2D eigenvalue weighted by Gasteiger charge is 2.45. The second kappa shape index (κ2) is 6.62. The summed E-state index contributed by atoms with van der Waals surface area (Å²) in [6.07, 6.45) is 1.62. The van der Waals surface area contributed by atoms with Gasteiger partial charge in [0, 0.05) is 26.4 Å². The number of amidine groups is 1. The average molecular weight is 356 g/mol. The summed E-state index contributed by atoms with van der Waals surface area (Å²) in [7, 11) is 6.16. The molecule has 0 bridgehead atoms. The molecule has 3 rings (SSSR count). The number of urea groups is 1. The molecule has 2 aliphatic rings. The number of carbonyl (C=O) groups is 2. The molecule has 1 aromatic rings. The molecule has 26 heavy (non-hydrogen) atoms. The highest BCUT2D eigenvalue weighted by Crippen LogP contribution is 2.33. The third kappa shape index (κ3) is 2.73. The van der Waals surface area contributed by atoms with Crippen molar-refractivity contribution in [3.63, 3.8) is 0 Å². The third-order valence-electron chi connectivity index (χ3n) is 4.44. The van der Waals surface area contributed by atoms with Crippen LogP contribution in [0.4, 0.5) is 10.5 Å². The van der Waals surface area contributed by atoms with Gasteiger partial charge >= 0.3 is 6.03 Å². The second-order valence-corrected chi connectivity index (χ2v) is 6.01. The first-order valence-electron chi connectivity index (χ1n) is 7.99. The second-order valence-electron chi connectivity index (χ2n) is 6.01. The van der Waals surface area contributed by atoms with Crippen molar-refractivity contribution in [2.45, 2.75) is 6.92 Å². The Kier molecular flexibility index (Phi) is 4.50. The fraction of sp³-hybridized carbons (Fsp3) is 0.333. The predicted octanol–water partition coefficient (Wildman–Crippen LogP) is 2.23. The smallest absolute Gasteiger partial charge is 0.331 e. The highest BCUT2D eigenvalue weighted by molar-refractivity contribution is 6.33. The summed E-state index contributed by atoms with van der Waals surface area (Å²) in [5.74, 6) is 0.440. The van der Waals surface area contributed by atoms with Gasteiger partial charge < -0.3 is 9.47 Å². The van der Waals surface area contributed by atoms with E-state index in [4.69, 9.17) is 9.47 Å². The van der Waals surface area contributed by atoms with Crippen LogP contribution >= 0.6 is 0 Å². The number of allylic oxidation sites excluding steroid dienone is 1. The van der Waals surface area contributed by atoms with Crippen molar-refractivity contribution in [3.05, 3.63) is 30.0 Å². The Morgan fingerprint density at radius 3 is 2.42 bits per heavy atom. The Morgan fingerprint density at radius 2 is 1.77 bits per heavy atom. The van der Waals surface area contributed by atoms with Crippen molar-refractivity contribution >= 4 is 29.2 Å². The molecule has 1 saturated heterocycles. The van der Waals surface area contributed by atoms with Crippen LogP contribution in [0.25, 0.3) is 0 Å². The van der Waals surface area contributed by atoms with Crippen LogP contribution in [0.5, 0.6) is 11.5 Å². The average Bonchev–Trinajstić information content (AvgIpc) is 2.65. The molecular formula is C18H20N4O4. The van der Waals surface area contributed by atoms with E-state index in [9.17, 15) is 9.59 Å². The van der Waals surface area contributed by atoms with Gasteiger partial charge in [0.05, 0.1) is 25.6 Å². The minimum atomic E-state index is -0.721. The molecule has 1 aromatic carbocycles. The number of amides is 3. The summed E-state index contributed by atoms with van der Waals surface area (Å²) in [5.41, 5.74) is 1.93. The van der Waals surface area contributed by atoms with E-state index in [2.05, 4.69) is 9.98 Å². The van der Waals surface area contributed by atoms with E-state index in [1.807, 2.05) is 6.92 Å². The number of benzene rings is 1. The molecule has 0 aliphatic carbocycles. The number of nitrogens with zero attached hydrogens (tertiary/aromatic N) is 4. The van der Waals surface area contributed by atoms with Gasteiger partial charge in [-0.3, -0.25) is 19.6 Å². The number of hydrogen-bond donors (Lipinski definition) is 0. The molecule has 1 unspecified atom stereocenters. The maximum absolute atomic E-state index is 12.7. The highest BCUT2D eigenvalue weighted by atomic mass is 16.5. The molecule has 2 heterocycles. The summed E-state index contributed by atoms with van der Waals surface area (Å²) in [5, 5.41) is 0. The van der Waals surface area contributed by atoms with Gasteiger partial charge in [-0.05, 0) is 24.6 Å². The van der Waals surface area contributed by atoms with E-state index in [-0.39, 0.29) is 5.91 Å². The molecule has 0 spiro atoms. The first kappa shape index (κ1) is 17.7. The fourth-order valence-electron chi connectivity index (χ4n) is 2.96. The molecule has 3 amide bonds. The molecule has 8 heteroatoms. The predicted molar refractivity (Wildman–Crippen MR) is 97.3 cm³/mol. The summed E-state index contributed by atoms with van der Waals surface area (Å²) >= 11 is 0. The molecular weight excluding hydrogens is 336 g/mol. The van der Waals surface area contributed by atoms with Gasteiger partial charge in [0.25, 0.3) is 0 Å². The van der Waals surface area contributed by atoms with Crippen molar-refractivity contribution in [2.24, 2.45) is 15.9 Å². The molecule has 0 aromatic heterocycles. The van der Waals surface area contributed by atoms with Crippen LogP contribution in [0.15, 0.2) is 40.0 Å².